The van der Waals surface area contributed by atoms with E-state index in [1.54, 1.807) is 18.7 Å². The van der Waals surface area contributed by atoms with Gasteiger partial charge in [0.1, 0.15) is 11.4 Å². The molecule has 0 saturated heterocycles. The van der Waals surface area contributed by atoms with Crippen molar-refractivity contribution < 1.29 is 14.3 Å². The Morgan fingerprint density at radius 3 is 2.78 bits per heavy atom. The van der Waals surface area contributed by atoms with Gasteiger partial charge in [-0.1, -0.05) is 29.5 Å². The smallest absolute Gasteiger partial charge is 0.356 e. The molecule has 1 aromatic carbocycles. The van der Waals surface area contributed by atoms with Gasteiger partial charge < -0.3 is 14.5 Å². The summed E-state index contributed by atoms with van der Waals surface area (Å²) >= 11 is 1.59. The van der Waals surface area contributed by atoms with E-state index in [9.17, 15) is 4.79 Å². The number of aromatic nitrogens is 2. The largest absolute Gasteiger partial charge is 0.494 e. The average Bonchev–Trinajstić information content (AvgIpc) is 3.02. The minimum absolute atomic E-state index is 0.362. The normalized spacial score (nSPS) is 10.5. The van der Waals surface area contributed by atoms with Gasteiger partial charge in [-0.15, -0.1) is 0 Å². The fourth-order valence-electron chi connectivity index (χ4n) is 1.89. The summed E-state index contributed by atoms with van der Waals surface area (Å²) in [6, 6.07) is 8.07. The molecule has 124 valence electrons. The van der Waals surface area contributed by atoms with Crippen molar-refractivity contribution in [3.63, 3.8) is 0 Å². The van der Waals surface area contributed by atoms with Gasteiger partial charge in [0.25, 0.3) is 0 Å². The summed E-state index contributed by atoms with van der Waals surface area (Å²) in [4.78, 5) is 18.6. The van der Waals surface area contributed by atoms with Gasteiger partial charge >= 0.3 is 5.97 Å². The molecular formula is C17H22N2O3S. The van der Waals surface area contributed by atoms with Crippen LogP contribution < -0.4 is 4.74 Å². The molecule has 0 spiro atoms. The fourth-order valence-corrected chi connectivity index (χ4v) is 2.74. The van der Waals surface area contributed by atoms with Gasteiger partial charge in [-0.2, -0.15) is 0 Å². The molecule has 0 fully saturated rings. The summed E-state index contributed by atoms with van der Waals surface area (Å²) < 4.78 is 10.6. The van der Waals surface area contributed by atoms with Crippen LogP contribution in [0.4, 0.5) is 0 Å². The van der Waals surface area contributed by atoms with Crippen molar-refractivity contribution in [3.8, 4) is 5.75 Å². The van der Waals surface area contributed by atoms with E-state index in [0.29, 0.717) is 18.9 Å². The Balaban J connectivity index is 1.60. The minimum Gasteiger partial charge on any atom is -0.494 e. The second kappa shape index (κ2) is 9.25. The van der Waals surface area contributed by atoms with Crippen LogP contribution in [0, 0.1) is 6.92 Å². The summed E-state index contributed by atoms with van der Waals surface area (Å²) in [5.74, 6) is 1.47. The van der Waals surface area contributed by atoms with Crippen molar-refractivity contribution in [1.29, 1.82) is 0 Å². The van der Waals surface area contributed by atoms with Crippen molar-refractivity contribution in [1.82, 2.24) is 9.97 Å². The van der Waals surface area contributed by atoms with E-state index in [1.807, 2.05) is 24.3 Å². The molecule has 0 bridgehead atoms. The second-order valence-corrected chi connectivity index (χ2v) is 6.12. The van der Waals surface area contributed by atoms with Crippen LogP contribution in [-0.2, 0) is 4.74 Å². The highest BCUT2D eigenvalue weighted by molar-refractivity contribution is 7.99. The van der Waals surface area contributed by atoms with Crippen molar-refractivity contribution >= 4 is 17.7 Å². The van der Waals surface area contributed by atoms with Gasteiger partial charge in [-0.25, -0.2) is 9.78 Å². The van der Waals surface area contributed by atoms with Crippen LogP contribution >= 0.6 is 11.8 Å². The van der Waals surface area contributed by atoms with Crippen LogP contribution in [0.2, 0.25) is 0 Å². The van der Waals surface area contributed by atoms with Gasteiger partial charge in [0.05, 0.1) is 19.4 Å². The van der Waals surface area contributed by atoms with Crippen molar-refractivity contribution in [2.45, 2.75) is 31.8 Å². The number of hydrogen-bond donors (Lipinski definition) is 1. The lowest BCUT2D eigenvalue weighted by Crippen LogP contribution is -2.04. The molecule has 0 aliphatic heterocycles. The van der Waals surface area contributed by atoms with Crippen LogP contribution in [0.1, 0.15) is 35.8 Å². The zero-order valence-electron chi connectivity index (χ0n) is 13.5. The van der Waals surface area contributed by atoms with Crippen LogP contribution in [0.5, 0.6) is 5.75 Å². The molecule has 0 radical (unpaired) electrons. The van der Waals surface area contributed by atoms with Gasteiger partial charge in [-0.3, -0.25) is 0 Å². The molecule has 5 nitrogen and oxygen atoms in total. The lowest BCUT2D eigenvalue weighted by atomic mass is 10.2. The zero-order chi connectivity index (χ0) is 16.5. The van der Waals surface area contributed by atoms with Crippen molar-refractivity contribution in [3.05, 3.63) is 41.7 Å². The number of nitrogens with zero attached hydrogens (tertiary/aromatic N) is 1. The average molecular weight is 334 g/mol. The zero-order valence-corrected chi connectivity index (χ0v) is 14.3. The summed E-state index contributed by atoms with van der Waals surface area (Å²) in [6.45, 7) is 4.91. The molecule has 1 aromatic heterocycles. The minimum atomic E-state index is -0.363. The highest BCUT2D eigenvalue weighted by Gasteiger charge is 2.10. The topological polar surface area (TPSA) is 64.2 Å². The standard InChI is InChI=1S/C17H22N2O3S/c1-3-21-16(20)15-12-18-17(19-15)23-11-5-4-10-22-14-8-6-13(2)7-9-14/h6-9,12H,3-5,10-11H2,1-2H3,(H,18,19). The summed E-state index contributed by atoms with van der Waals surface area (Å²) in [5, 5.41) is 0.743. The van der Waals surface area contributed by atoms with E-state index < -0.39 is 0 Å². The number of carbonyl (C=O) groups excluding carboxylic acids is 1. The Labute approximate surface area is 140 Å². The number of hydrogen-bond acceptors (Lipinski definition) is 5. The maximum Gasteiger partial charge on any atom is 0.356 e. The predicted octanol–water partition coefficient (Wildman–Crippen LogP) is 3.85. The molecule has 0 aliphatic rings. The molecule has 0 unspecified atom stereocenters. The molecular weight excluding hydrogens is 312 g/mol. The number of imidazole rings is 1. The quantitative estimate of drug-likeness (QED) is 0.429. The number of H-pyrrole nitrogens is 1. The first-order valence-electron chi connectivity index (χ1n) is 7.73. The SMILES string of the molecule is CCOC(=O)c1cnc(SCCCCOc2ccc(C)cc2)[nH]1. The van der Waals surface area contributed by atoms with Crippen LogP contribution in [-0.4, -0.2) is 34.9 Å². The highest BCUT2D eigenvalue weighted by atomic mass is 32.2. The Kier molecular flexibility index (Phi) is 7.00. The molecule has 1 heterocycles. The monoisotopic (exact) mass is 334 g/mol. The number of unbranched alkanes of at least 4 members (excludes halogenated alkanes) is 1. The third-order valence-corrected chi connectivity index (χ3v) is 4.09. The Morgan fingerprint density at radius 1 is 1.26 bits per heavy atom. The van der Waals surface area contributed by atoms with E-state index in [0.717, 1.165) is 29.5 Å². The Morgan fingerprint density at radius 2 is 2.04 bits per heavy atom. The number of benzene rings is 1. The van der Waals surface area contributed by atoms with E-state index in [1.165, 1.54) is 11.8 Å². The van der Waals surface area contributed by atoms with Crippen molar-refractivity contribution in [2.75, 3.05) is 19.0 Å². The Bertz CT molecular complexity index is 611. The number of carbonyl (C=O) groups is 1. The highest BCUT2D eigenvalue weighted by Crippen LogP contribution is 2.17. The van der Waals surface area contributed by atoms with Crippen LogP contribution in [0.3, 0.4) is 0 Å². The molecule has 6 heteroatoms. The first-order valence-corrected chi connectivity index (χ1v) is 8.72. The van der Waals surface area contributed by atoms with Gasteiger partial charge in [0.15, 0.2) is 5.16 Å². The Hall–Kier alpha value is -1.95. The fraction of sp³-hybridized carbons (Fsp3) is 0.412. The van der Waals surface area contributed by atoms with Gasteiger partial charge in [0.2, 0.25) is 0 Å². The van der Waals surface area contributed by atoms with E-state index in [4.69, 9.17) is 9.47 Å². The first-order chi connectivity index (χ1) is 11.2. The second-order valence-electron chi connectivity index (χ2n) is 5.04. The summed E-state index contributed by atoms with van der Waals surface area (Å²) in [5.41, 5.74) is 1.63. The maximum atomic E-state index is 11.5. The number of ether oxygens (including phenoxy) is 2. The predicted molar refractivity (Wildman–Crippen MR) is 91.2 cm³/mol. The maximum absolute atomic E-state index is 11.5. The molecule has 2 rings (SSSR count). The summed E-state index contributed by atoms with van der Waals surface area (Å²) in [6.07, 6.45) is 3.51. The van der Waals surface area contributed by atoms with Crippen LogP contribution in [0.15, 0.2) is 35.6 Å². The van der Waals surface area contributed by atoms with Crippen LogP contribution in [0.25, 0.3) is 0 Å². The molecule has 1 N–H and O–H groups in total. The van der Waals surface area contributed by atoms with E-state index >= 15 is 0 Å². The molecule has 0 saturated carbocycles. The molecule has 23 heavy (non-hydrogen) atoms. The molecule has 0 atom stereocenters. The van der Waals surface area contributed by atoms with E-state index in [2.05, 4.69) is 16.9 Å². The molecule has 0 aliphatic carbocycles. The number of thioether (sulfide) groups is 1. The lowest BCUT2D eigenvalue weighted by molar-refractivity contribution is 0.0519. The lowest BCUT2D eigenvalue weighted by Gasteiger charge is -2.05. The molecule has 2 aromatic rings. The van der Waals surface area contributed by atoms with Crippen molar-refractivity contribution in [2.24, 2.45) is 0 Å². The van der Waals surface area contributed by atoms with Gasteiger partial charge in [-0.05, 0) is 38.8 Å². The number of nitrogens with one attached hydrogen (secondary N) is 1. The number of esters is 1. The number of aryl methyl sites for hydroxylation is 1. The first kappa shape index (κ1) is 17.4. The van der Waals surface area contributed by atoms with Gasteiger partial charge in [0, 0.05) is 5.75 Å². The third kappa shape index (κ3) is 5.98. The number of rotatable bonds is 9. The van der Waals surface area contributed by atoms with E-state index in [-0.39, 0.29) is 5.97 Å². The number of aromatic amines is 1. The third-order valence-electron chi connectivity index (χ3n) is 3.12. The molecule has 0 amide bonds. The summed E-state index contributed by atoms with van der Waals surface area (Å²) in [7, 11) is 0.